The molecule has 0 saturated heterocycles. The minimum absolute atomic E-state index is 0.715. The first-order valence-corrected chi connectivity index (χ1v) is 2.87. The van der Waals surface area contributed by atoms with E-state index in [4.69, 9.17) is 0 Å². The molecule has 0 aromatic heterocycles. The highest BCUT2D eigenvalue weighted by atomic mass is 14.7. The third kappa shape index (κ3) is 0.386. The molecule has 0 aromatic rings. The van der Waals surface area contributed by atoms with Crippen LogP contribution in [0.2, 0.25) is 0 Å². The number of nitrogens with zero attached hydrogens (tertiary/aromatic N) is 1. The largest absolute Gasteiger partial charge is 0.269 e. The molecule has 40 valence electrons. The maximum absolute atomic E-state index is 4.02. The molecule has 1 heteroatoms. The van der Waals surface area contributed by atoms with Crippen molar-refractivity contribution in [1.29, 1.82) is 0 Å². The van der Waals surface area contributed by atoms with Crippen molar-refractivity contribution in [2.24, 2.45) is 10.9 Å². The van der Waals surface area contributed by atoms with Gasteiger partial charge in [0.1, 0.15) is 0 Å². The Hall–Kier alpha value is -0.850. The number of rotatable bonds is 0. The molecule has 0 N–H and O–H groups in total. The summed E-state index contributed by atoms with van der Waals surface area (Å²) in [5, 5.41) is 0. The van der Waals surface area contributed by atoms with E-state index in [2.05, 4.69) is 17.1 Å². The summed E-state index contributed by atoms with van der Waals surface area (Å²) in [5.74, 6) is 0.715. The summed E-state index contributed by atoms with van der Waals surface area (Å²) in [6.45, 7) is 0. The summed E-state index contributed by atoms with van der Waals surface area (Å²) < 4.78 is 0. The number of allylic oxidation sites excluding steroid dienone is 3. The fourth-order valence-corrected chi connectivity index (χ4v) is 1.01. The van der Waals surface area contributed by atoms with Crippen molar-refractivity contribution in [2.75, 3.05) is 0 Å². The number of hydrogen-bond donors (Lipinski definition) is 0. The van der Waals surface area contributed by atoms with Crippen LogP contribution in [0.25, 0.3) is 0 Å². The molecule has 0 radical (unpaired) electrons. The van der Waals surface area contributed by atoms with Gasteiger partial charge in [-0.1, -0.05) is 12.2 Å². The topological polar surface area (TPSA) is 12.4 Å². The number of aliphatic imine (C=N–C) groups is 1. The Balaban J connectivity index is 2.36. The van der Waals surface area contributed by atoms with E-state index in [1.165, 1.54) is 5.57 Å². The highest BCUT2D eigenvalue weighted by Crippen LogP contribution is 2.28. The van der Waals surface area contributed by atoms with Gasteiger partial charge in [-0.2, -0.15) is 0 Å². The Morgan fingerprint density at radius 2 is 2.62 bits per heavy atom. The van der Waals surface area contributed by atoms with Crippen LogP contribution < -0.4 is 0 Å². The second kappa shape index (κ2) is 1.31. The Morgan fingerprint density at radius 3 is 3.00 bits per heavy atom. The van der Waals surface area contributed by atoms with E-state index in [0.717, 1.165) is 6.42 Å². The van der Waals surface area contributed by atoms with Crippen LogP contribution in [0.4, 0.5) is 0 Å². The molecule has 0 amide bonds. The molecular weight excluding hydrogens is 98.1 g/mol. The smallest absolute Gasteiger partial charge is 0.0301 e. The molecule has 2 aliphatic rings. The fraction of sp³-hybridized carbons (Fsp3) is 0.286. The van der Waals surface area contributed by atoms with Crippen LogP contribution in [0, 0.1) is 5.92 Å². The van der Waals surface area contributed by atoms with E-state index in [-0.39, 0.29) is 0 Å². The number of fused-ring (bicyclic) bond motifs is 1. The summed E-state index contributed by atoms with van der Waals surface area (Å²) in [7, 11) is 0. The lowest BCUT2D eigenvalue weighted by Crippen LogP contribution is -2.10. The van der Waals surface area contributed by atoms with Gasteiger partial charge >= 0.3 is 0 Å². The van der Waals surface area contributed by atoms with Gasteiger partial charge in [0.05, 0.1) is 0 Å². The maximum Gasteiger partial charge on any atom is 0.0301 e. The van der Waals surface area contributed by atoms with Crippen LogP contribution in [-0.4, -0.2) is 6.21 Å². The van der Waals surface area contributed by atoms with Gasteiger partial charge in [-0.3, -0.25) is 4.99 Å². The van der Waals surface area contributed by atoms with Gasteiger partial charge in [-0.05, 0) is 12.0 Å². The molecule has 2 rings (SSSR count). The highest BCUT2D eigenvalue weighted by Gasteiger charge is 2.16. The second-order valence-corrected chi connectivity index (χ2v) is 2.16. The van der Waals surface area contributed by atoms with Crippen molar-refractivity contribution in [3.8, 4) is 0 Å². The first-order valence-electron chi connectivity index (χ1n) is 2.87. The second-order valence-electron chi connectivity index (χ2n) is 2.16. The minimum Gasteiger partial charge on any atom is -0.269 e. The van der Waals surface area contributed by atoms with Crippen molar-refractivity contribution in [1.82, 2.24) is 0 Å². The zero-order valence-corrected chi connectivity index (χ0v) is 4.54. The van der Waals surface area contributed by atoms with Gasteiger partial charge < -0.3 is 0 Å². The van der Waals surface area contributed by atoms with E-state index in [9.17, 15) is 0 Å². The molecule has 1 heterocycles. The Bertz CT molecular complexity index is 185. The summed E-state index contributed by atoms with van der Waals surface area (Å²) in [4.78, 5) is 4.02. The normalized spacial score (nSPS) is 31.0. The van der Waals surface area contributed by atoms with E-state index in [0.29, 0.717) is 5.92 Å². The van der Waals surface area contributed by atoms with Crippen LogP contribution in [0.1, 0.15) is 6.42 Å². The first kappa shape index (κ1) is 4.07. The van der Waals surface area contributed by atoms with Crippen LogP contribution in [-0.2, 0) is 0 Å². The van der Waals surface area contributed by atoms with Crippen molar-refractivity contribution in [3.63, 3.8) is 0 Å². The van der Waals surface area contributed by atoms with Crippen LogP contribution in [0.3, 0.4) is 0 Å². The molecular formula is C7H7N. The molecule has 1 nitrogen and oxygen atoms in total. The average molecular weight is 105 g/mol. The average Bonchev–Trinajstić information content (AvgIpc) is 1.72. The molecule has 1 aliphatic carbocycles. The van der Waals surface area contributed by atoms with Crippen LogP contribution in [0.15, 0.2) is 28.9 Å². The molecule has 1 aliphatic heterocycles. The predicted octanol–water partition coefficient (Wildman–Crippen LogP) is 1.53. The van der Waals surface area contributed by atoms with Gasteiger partial charge in [0, 0.05) is 18.3 Å². The highest BCUT2D eigenvalue weighted by molar-refractivity contribution is 5.64. The minimum atomic E-state index is 0.715. The lowest BCUT2D eigenvalue weighted by atomic mass is 9.86. The quantitative estimate of drug-likeness (QED) is 0.443. The van der Waals surface area contributed by atoms with Crippen molar-refractivity contribution >= 4 is 6.21 Å². The molecule has 1 unspecified atom stereocenters. The predicted molar refractivity (Wildman–Crippen MR) is 33.8 cm³/mol. The Kier molecular flexibility index (Phi) is 0.668. The van der Waals surface area contributed by atoms with Gasteiger partial charge in [0.2, 0.25) is 0 Å². The SMILES string of the molecule is C1=CC2CC=NC=C12. The van der Waals surface area contributed by atoms with Crippen molar-refractivity contribution in [2.45, 2.75) is 6.42 Å². The summed E-state index contributed by atoms with van der Waals surface area (Å²) >= 11 is 0. The third-order valence-corrected chi connectivity index (χ3v) is 1.64. The lowest BCUT2D eigenvalue weighted by Gasteiger charge is -2.21. The molecule has 8 heavy (non-hydrogen) atoms. The van der Waals surface area contributed by atoms with Gasteiger partial charge in [-0.15, -0.1) is 0 Å². The maximum atomic E-state index is 4.02. The van der Waals surface area contributed by atoms with Crippen LogP contribution in [0.5, 0.6) is 0 Å². The number of hydrogen-bond acceptors (Lipinski definition) is 1. The molecule has 0 bridgehead atoms. The Labute approximate surface area is 48.4 Å². The molecule has 0 saturated carbocycles. The van der Waals surface area contributed by atoms with Crippen molar-refractivity contribution in [3.05, 3.63) is 23.9 Å². The lowest BCUT2D eigenvalue weighted by molar-refractivity contribution is 0.768. The monoisotopic (exact) mass is 105 g/mol. The van der Waals surface area contributed by atoms with Gasteiger partial charge in [-0.25, -0.2) is 0 Å². The molecule has 1 atom stereocenters. The van der Waals surface area contributed by atoms with Gasteiger partial charge in [0.15, 0.2) is 0 Å². The standard InChI is InChI=1S/C7H7N/c1-2-7-5-8-4-3-6(1)7/h1-2,4-6H,3H2. The van der Waals surface area contributed by atoms with E-state index >= 15 is 0 Å². The third-order valence-electron chi connectivity index (χ3n) is 1.64. The summed E-state index contributed by atoms with van der Waals surface area (Å²) in [6, 6.07) is 0. The first-order chi connectivity index (χ1) is 3.97. The summed E-state index contributed by atoms with van der Waals surface area (Å²) in [6.07, 6.45) is 9.37. The van der Waals surface area contributed by atoms with E-state index in [1.54, 1.807) is 0 Å². The van der Waals surface area contributed by atoms with E-state index < -0.39 is 0 Å². The zero-order chi connectivity index (χ0) is 5.40. The van der Waals surface area contributed by atoms with Crippen molar-refractivity contribution < 1.29 is 0 Å². The molecule has 0 spiro atoms. The molecule has 0 fully saturated rings. The Morgan fingerprint density at radius 1 is 1.62 bits per heavy atom. The fourth-order valence-electron chi connectivity index (χ4n) is 1.01. The summed E-state index contributed by atoms with van der Waals surface area (Å²) in [5.41, 5.74) is 1.40. The molecule has 0 aromatic carbocycles. The van der Waals surface area contributed by atoms with E-state index in [1.807, 2.05) is 12.4 Å². The van der Waals surface area contributed by atoms with Crippen LogP contribution >= 0.6 is 0 Å². The van der Waals surface area contributed by atoms with Gasteiger partial charge in [0.25, 0.3) is 0 Å². The zero-order valence-electron chi connectivity index (χ0n) is 4.54.